The van der Waals surface area contributed by atoms with Crippen LogP contribution in [0.5, 0.6) is 5.75 Å². The molecule has 0 spiro atoms. The minimum Gasteiger partial charge on any atom is -0.489 e. The van der Waals surface area contributed by atoms with Crippen LogP contribution in [-0.2, 0) is 11.4 Å². The van der Waals surface area contributed by atoms with Crippen LogP contribution in [-0.4, -0.2) is 27.0 Å². The molecule has 0 unspecified atom stereocenters. The van der Waals surface area contributed by atoms with Gasteiger partial charge in [0.25, 0.3) is 5.91 Å². The van der Waals surface area contributed by atoms with Crippen molar-refractivity contribution in [1.29, 1.82) is 5.41 Å². The highest BCUT2D eigenvalue weighted by Gasteiger charge is 2.35. The number of nitrogens with one attached hydrogen (secondary N) is 1. The minimum atomic E-state index is -0.454. The fourth-order valence-electron chi connectivity index (χ4n) is 3.07. The maximum atomic E-state index is 13.7. The second-order valence-corrected chi connectivity index (χ2v) is 8.60. The number of amides is 1. The lowest BCUT2D eigenvalue weighted by Crippen LogP contribution is -2.35. The Morgan fingerprint density at radius 1 is 1.19 bits per heavy atom. The van der Waals surface area contributed by atoms with Crippen LogP contribution in [0.3, 0.4) is 0 Å². The van der Waals surface area contributed by atoms with E-state index in [2.05, 4.69) is 23.9 Å². The Kier molecular flexibility index (Phi) is 5.99. The number of hydrogen-bond acceptors (Lipinski definition) is 5. The Labute approximate surface area is 184 Å². The van der Waals surface area contributed by atoms with Gasteiger partial charge in [-0.1, -0.05) is 44.2 Å². The van der Waals surface area contributed by atoms with E-state index in [1.165, 1.54) is 22.8 Å². The van der Waals surface area contributed by atoms with E-state index in [0.717, 1.165) is 17.0 Å². The molecule has 6 nitrogen and oxygen atoms in total. The van der Waals surface area contributed by atoms with Crippen molar-refractivity contribution in [3.63, 3.8) is 0 Å². The summed E-state index contributed by atoms with van der Waals surface area (Å²) in [5.41, 5.74) is 1.38. The summed E-state index contributed by atoms with van der Waals surface area (Å²) in [6.07, 6.45) is 2.39. The monoisotopic (exact) mass is 436 g/mol. The molecule has 1 N–H and O–H groups in total. The fraction of sp³-hybridized carbons (Fsp3) is 0.217. The number of ether oxygens (including phenoxy) is 1. The molecule has 0 bridgehead atoms. The summed E-state index contributed by atoms with van der Waals surface area (Å²) in [6, 6.07) is 13.5. The normalized spacial score (nSPS) is 17.2. The van der Waals surface area contributed by atoms with E-state index < -0.39 is 5.91 Å². The number of amidine groups is 2. The van der Waals surface area contributed by atoms with Gasteiger partial charge >= 0.3 is 0 Å². The van der Waals surface area contributed by atoms with Crippen molar-refractivity contribution in [2.45, 2.75) is 26.9 Å². The standard InChI is InChI=1S/C23H21FN4O2S/c1-14(2)11-20-27-28-21(25)18(22(29)26-23(28)31-20)12-15-7-9-17(10-8-15)30-13-16-5-3-4-6-19(16)24/h3-10,12,14,25H,11,13H2,1-2H3. The summed E-state index contributed by atoms with van der Waals surface area (Å²) in [6.45, 7) is 4.30. The summed E-state index contributed by atoms with van der Waals surface area (Å²) in [7, 11) is 0. The second kappa shape index (κ2) is 8.85. The van der Waals surface area contributed by atoms with Crippen LogP contribution in [0.2, 0.25) is 0 Å². The van der Waals surface area contributed by atoms with Gasteiger partial charge in [0.2, 0.25) is 5.17 Å². The van der Waals surface area contributed by atoms with Crippen LogP contribution in [0, 0.1) is 17.1 Å². The van der Waals surface area contributed by atoms with E-state index in [9.17, 15) is 9.18 Å². The molecule has 1 amide bonds. The van der Waals surface area contributed by atoms with E-state index in [0.29, 0.717) is 22.4 Å². The number of carbonyl (C=O) groups excluding carboxylic acids is 1. The van der Waals surface area contributed by atoms with Crippen molar-refractivity contribution in [1.82, 2.24) is 5.01 Å². The quantitative estimate of drug-likeness (QED) is 0.642. The highest BCUT2D eigenvalue weighted by molar-refractivity contribution is 8.26. The lowest BCUT2D eigenvalue weighted by molar-refractivity contribution is -0.114. The van der Waals surface area contributed by atoms with Crippen LogP contribution in [0.25, 0.3) is 6.08 Å². The molecule has 2 aromatic rings. The Morgan fingerprint density at radius 2 is 1.94 bits per heavy atom. The Hall–Kier alpha value is -3.26. The van der Waals surface area contributed by atoms with Crippen LogP contribution < -0.4 is 4.74 Å². The first-order valence-corrected chi connectivity index (χ1v) is 10.7. The van der Waals surface area contributed by atoms with Crippen molar-refractivity contribution in [3.05, 3.63) is 71.0 Å². The maximum absolute atomic E-state index is 13.7. The second-order valence-electron chi connectivity index (χ2n) is 7.56. The molecule has 0 aromatic heterocycles. The van der Waals surface area contributed by atoms with E-state index >= 15 is 0 Å². The maximum Gasteiger partial charge on any atom is 0.283 e. The van der Waals surface area contributed by atoms with E-state index in [1.807, 2.05) is 0 Å². The predicted molar refractivity (Wildman–Crippen MR) is 122 cm³/mol. The van der Waals surface area contributed by atoms with Crippen LogP contribution in [0.15, 0.2) is 64.2 Å². The van der Waals surface area contributed by atoms with Crippen LogP contribution in [0.1, 0.15) is 31.4 Å². The fourth-order valence-corrected chi connectivity index (χ4v) is 4.16. The topological polar surface area (TPSA) is 78.1 Å². The molecule has 31 heavy (non-hydrogen) atoms. The molecule has 2 aromatic carbocycles. The molecule has 158 valence electrons. The number of carbonyl (C=O) groups is 1. The molecule has 2 heterocycles. The van der Waals surface area contributed by atoms with Crippen molar-refractivity contribution in [2.24, 2.45) is 16.0 Å². The van der Waals surface area contributed by atoms with E-state index in [4.69, 9.17) is 10.1 Å². The lowest BCUT2D eigenvalue weighted by atomic mass is 10.1. The predicted octanol–water partition coefficient (Wildman–Crippen LogP) is 5.07. The van der Waals surface area contributed by atoms with Gasteiger partial charge in [0, 0.05) is 12.0 Å². The Balaban J connectivity index is 1.47. The Bertz CT molecular complexity index is 1120. The number of fused-ring (bicyclic) bond motifs is 1. The smallest absolute Gasteiger partial charge is 0.283 e. The molecule has 0 saturated heterocycles. The summed E-state index contributed by atoms with van der Waals surface area (Å²) in [5, 5.41) is 15.6. The van der Waals surface area contributed by atoms with Gasteiger partial charge in [-0.2, -0.15) is 15.1 Å². The molecule has 8 heteroatoms. The van der Waals surface area contributed by atoms with Crippen molar-refractivity contribution < 1.29 is 13.9 Å². The third-order valence-electron chi connectivity index (χ3n) is 4.62. The molecular formula is C23H21FN4O2S. The first kappa shape index (κ1) is 21.0. The molecule has 2 aliphatic heterocycles. The largest absolute Gasteiger partial charge is 0.489 e. The van der Waals surface area contributed by atoms with Gasteiger partial charge in [0.15, 0.2) is 5.84 Å². The first-order valence-electron chi connectivity index (χ1n) is 9.86. The number of benzene rings is 2. The molecule has 2 aliphatic rings. The number of thioether (sulfide) groups is 1. The number of nitrogens with zero attached hydrogens (tertiary/aromatic N) is 3. The van der Waals surface area contributed by atoms with Gasteiger partial charge in [0.05, 0.1) is 5.57 Å². The van der Waals surface area contributed by atoms with E-state index in [-0.39, 0.29) is 23.8 Å². The summed E-state index contributed by atoms with van der Waals surface area (Å²) in [4.78, 5) is 16.6. The lowest BCUT2D eigenvalue weighted by Gasteiger charge is -2.20. The molecule has 0 radical (unpaired) electrons. The zero-order chi connectivity index (χ0) is 22.0. The van der Waals surface area contributed by atoms with Gasteiger partial charge in [-0.3, -0.25) is 10.2 Å². The number of rotatable bonds is 6. The minimum absolute atomic E-state index is 0.0149. The van der Waals surface area contributed by atoms with Crippen molar-refractivity contribution in [2.75, 3.05) is 0 Å². The molecule has 0 atom stereocenters. The highest BCUT2D eigenvalue weighted by atomic mass is 32.2. The van der Waals surface area contributed by atoms with Crippen LogP contribution in [0.4, 0.5) is 4.39 Å². The van der Waals surface area contributed by atoms with Gasteiger partial charge in [-0.25, -0.2) is 4.39 Å². The average molecular weight is 437 g/mol. The molecule has 4 rings (SSSR count). The third kappa shape index (κ3) is 4.74. The molecule has 0 saturated carbocycles. The summed E-state index contributed by atoms with van der Waals surface area (Å²) < 4.78 is 19.3. The van der Waals surface area contributed by atoms with E-state index in [1.54, 1.807) is 48.5 Å². The number of hydrogen-bond donors (Lipinski definition) is 1. The third-order valence-corrected chi connectivity index (χ3v) is 5.55. The molecule has 0 fully saturated rings. The van der Waals surface area contributed by atoms with Gasteiger partial charge in [-0.15, -0.1) is 0 Å². The van der Waals surface area contributed by atoms with Crippen molar-refractivity contribution in [3.8, 4) is 5.75 Å². The summed E-state index contributed by atoms with van der Waals surface area (Å²) in [5.74, 6) is 0.255. The number of halogens is 1. The molecule has 0 aliphatic carbocycles. The average Bonchev–Trinajstić information content (AvgIpc) is 3.13. The SMILES string of the molecule is CC(C)CC1=NN2C(=N)C(=Cc3ccc(OCc4ccccc4F)cc3)C(=O)N=C2S1. The summed E-state index contributed by atoms with van der Waals surface area (Å²) >= 11 is 1.34. The van der Waals surface area contributed by atoms with Gasteiger partial charge in [-0.05, 0) is 47.5 Å². The van der Waals surface area contributed by atoms with Crippen LogP contribution >= 0.6 is 11.8 Å². The molecular weight excluding hydrogens is 415 g/mol. The number of aliphatic imine (C=N–C) groups is 1. The van der Waals surface area contributed by atoms with Gasteiger partial charge < -0.3 is 4.74 Å². The number of hydrazone groups is 1. The Morgan fingerprint density at radius 3 is 2.65 bits per heavy atom. The highest BCUT2D eigenvalue weighted by Crippen LogP contribution is 2.30. The van der Waals surface area contributed by atoms with Gasteiger partial charge in [0.1, 0.15) is 23.2 Å². The first-order chi connectivity index (χ1) is 14.9. The zero-order valence-electron chi connectivity index (χ0n) is 17.1. The zero-order valence-corrected chi connectivity index (χ0v) is 17.9. The van der Waals surface area contributed by atoms with Crippen molar-refractivity contribution >= 4 is 39.8 Å².